The third kappa shape index (κ3) is 3.37. The molecule has 0 aromatic heterocycles. The molecule has 0 aliphatic carbocycles. The minimum atomic E-state index is -4.56. The van der Waals surface area contributed by atoms with E-state index in [1.807, 2.05) is 0 Å². The van der Waals surface area contributed by atoms with Crippen LogP contribution < -0.4 is 4.43 Å². The van der Waals surface area contributed by atoms with E-state index in [9.17, 15) is 8.22 Å². The van der Waals surface area contributed by atoms with Gasteiger partial charge in [0.25, 0.3) is 0 Å². The van der Waals surface area contributed by atoms with Gasteiger partial charge in [0.15, 0.2) is 0 Å². The maximum absolute atomic E-state index is 13.0. The average molecular weight is 200 g/mol. The highest BCUT2D eigenvalue weighted by atomic mass is 28.4. The lowest BCUT2D eigenvalue weighted by atomic mass is 10.3. The quantitative estimate of drug-likeness (QED) is 0.412. The standard InChI is InChI=1S/C9H10F2OSi/c1-2-8-13(10,11)12-9-6-4-3-5-7-9/h2-7H,1,8H2. The molecule has 1 nitrogen and oxygen atoms in total. The van der Waals surface area contributed by atoms with Crippen molar-refractivity contribution < 1.29 is 12.6 Å². The Labute approximate surface area is 77.1 Å². The van der Waals surface area contributed by atoms with Gasteiger partial charge in [0.1, 0.15) is 5.75 Å². The summed E-state index contributed by atoms with van der Waals surface area (Å²) < 4.78 is 30.5. The summed E-state index contributed by atoms with van der Waals surface area (Å²) in [6.45, 7) is 3.26. The van der Waals surface area contributed by atoms with Crippen molar-refractivity contribution in [3.8, 4) is 5.75 Å². The van der Waals surface area contributed by atoms with Gasteiger partial charge in [0.05, 0.1) is 6.04 Å². The molecule has 0 N–H and O–H groups in total. The Bertz CT molecular complexity index is 274. The van der Waals surface area contributed by atoms with Crippen LogP contribution in [0.4, 0.5) is 8.22 Å². The largest absolute Gasteiger partial charge is 0.647 e. The Hall–Kier alpha value is -1.16. The second-order valence-corrected chi connectivity index (χ2v) is 4.43. The summed E-state index contributed by atoms with van der Waals surface area (Å²) in [5, 5.41) is 0. The van der Waals surface area contributed by atoms with Gasteiger partial charge in [-0.1, -0.05) is 24.3 Å². The summed E-state index contributed by atoms with van der Waals surface area (Å²) in [6.07, 6.45) is 1.19. The van der Waals surface area contributed by atoms with E-state index in [-0.39, 0.29) is 11.8 Å². The van der Waals surface area contributed by atoms with Crippen molar-refractivity contribution in [3.63, 3.8) is 0 Å². The van der Waals surface area contributed by atoms with Crippen molar-refractivity contribution in [3.05, 3.63) is 43.0 Å². The summed E-state index contributed by atoms with van der Waals surface area (Å²) in [5.74, 6) is 0.223. The zero-order chi connectivity index (χ0) is 9.73. The van der Waals surface area contributed by atoms with E-state index in [1.54, 1.807) is 18.2 Å². The van der Waals surface area contributed by atoms with Gasteiger partial charge < -0.3 is 4.43 Å². The maximum Gasteiger partial charge on any atom is 0.647 e. The van der Waals surface area contributed by atoms with Crippen LogP contribution in [-0.4, -0.2) is 8.99 Å². The molecule has 70 valence electrons. The van der Waals surface area contributed by atoms with Gasteiger partial charge >= 0.3 is 8.99 Å². The predicted octanol–water partition coefficient (Wildman–Crippen LogP) is 3.13. The van der Waals surface area contributed by atoms with E-state index in [1.165, 1.54) is 18.2 Å². The fraction of sp³-hybridized carbons (Fsp3) is 0.111. The molecule has 0 saturated carbocycles. The summed E-state index contributed by atoms with van der Waals surface area (Å²) in [7, 11) is -4.56. The Balaban J connectivity index is 2.63. The summed E-state index contributed by atoms with van der Waals surface area (Å²) >= 11 is 0. The van der Waals surface area contributed by atoms with Crippen LogP contribution in [0.3, 0.4) is 0 Å². The highest BCUT2D eigenvalue weighted by Gasteiger charge is 2.39. The third-order valence-electron chi connectivity index (χ3n) is 1.39. The summed E-state index contributed by atoms with van der Waals surface area (Å²) in [5.41, 5.74) is 0. The molecule has 0 aliphatic rings. The number of hydrogen-bond donors (Lipinski definition) is 0. The Morgan fingerprint density at radius 3 is 2.46 bits per heavy atom. The molecule has 13 heavy (non-hydrogen) atoms. The molecule has 0 amide bonds. The van der Waals surface area contributed by atoms with Crippen LogP contribution in [-0.2, 0) is 0 Å². The highest BCUT2D eigenvalue weighted by molar-refractivity contribution is 6.60. The molecule has 1 aromatic carbocycles. The van der Waals surface area contributed by atoms with Crippen LogP contribution in [0.1, 0.15) is 0 Å². The van der Waals surface area contributed by atoms with Crippen LogP contribution in [0.25, 0.3) is 0 Å². The molecule has 1 rings (SSSR count). The van der Waals surface area contributed by atoms with Crippen molar-refractivity contribution in [1.82, 2.24) is 0 Å². The first-order valence-corrected chi connectivity index (χ1v) is 5.74. The molecule has 0 fully saturated rings. The first kappa shape index (κ1) is 9.92. The van der Waals surface area contributed by atoms with Crippen LogP contribution in [0, 0.1) is 0 Å². The van der Waals surface area contributed by atoms with Crippen LogP contribution in [0.2, 0.25) is 6.04 Å². The van der Waals surface area contributed by atoms with E-state index in [2.05, 4.69) is 11.0 Å². The molecule has 0 radical (unpaired) electrons. The first-order valence-electron chi connectivity index (χ1n) is 3.87. The van der Waals surface area contributed by atoms with Gasteiger partial charge in [0.2, 0.25) is 0 Å². The molecule has 0 saturated heterocycles. The molecule has 0 atom stereocenters. The van der Waals surface area contributed by atoms with Gasteiger partial charge in [-0.05, 0) is 12.1 Å². The van der Waals surface area contributed by atoms with Crippen molar-refractivity contribution in [2.45, 2.75) is 6.04 Å². The Morgan fingerprint density at radius 1 is 1.31 bits per heavy atom. The molecule has 0 heterocycles. The zero-order valence-electron chi connectivity index (χ0n) is 7.04. The van der Waals surface area contributed by atoms with Gasteiger partial charge in [-0.15, -0.1) is 6.58 Å². The monoisotopic (exact) mass is 200 g/mol. The normalized spacial score (nSPS) is 10.9. The summed E-state index contributed by atoms with van der Waals surface area (Å²) in [4.78, 5) is 0. The Morgan fingerprint density at radius 2 is 1.92 bits per heavy atom. The van der Waals surface area contributed by atoms with Crippen LogP contribution in [0.15, 0.2) is 43.0 Å². The molecule has 0 unspecified atom stereocenters. The fourth-order valence-electron chi connectivity index (χ4n) is 0.871. The highest BCUT2D eigenvalue weighted by Crippen LogP contribution is 2.20. The average Bonchev–Trinajstić information content (AvgIpc) is 2.04. The second kappa shape index (κ2) is 4.18. The van der Waals surface area contributed by atoms with Gasteiger partial charge in [-0.25, -0.2) is 8.22 Å². The van der Waals surface area contributed by atoms with E-state index >= 15 is 0 Å². The minimum Gasteiger partial charge on any atom is -0.495 e. The maximum atomic E-state index is 13.0. The molecule has 4 heteroatoms. The lowest BCUT2D eigenvalue weighted by Crippen LogP contribution is -2.30. The lowest BCUT2D eigenvalue weighted by Gasteiger charge is -2.12. The summed E-state index contributed by atoms with van der Waals surface area (Å²) in [6, 6.07) is 7.76. The number of allylic oxidation sites excluding steroid dienone is 1. The van der Waals surface area contributed by atoms with Gasteiger partial charge in [-0.2, -0.15) is 0 Å². The molecular weight excluding hydrogens is 190 g/mol. The molecule has 1 aromatic rings. The number of rotatable bonds is 4. The van der Waals surface area contributed by atoms with Crippen molar-refractivity contribution >= 4 is 8.99 Å². The Kier molecular flexibility index (Phi) is 3.19. The molecule has 0 spiro atoms. The van der Waals surface area contributed by atoms with E-state index in [0.717, 1.165) is 0 Å². The fourth-order valence-corrected chi connectivity index (χ4v) is 1.77. The second-order valence-electron chi connectivity index (χ2n) is 2.55. The number of para-hydroxylation sites is 1. The number of hydrogen-bond acceptors (Lipinski definition) is 1. The van der Waals surface area contributed by atoms with Crippen molar-refractivity contribution in [2.75, 3.05) is 0 Å². The van der Waals surface area contributed by atoms with Crippen LogP contribution >= 0.6 is 0 Å². The topological polar surface area (TPSA) is 9.23 Å². The van der Waals surface area contributed by atoms with E-state index in [0.29, 0.717) is 0 Å². The number of benzene rings is 1. The van der Waals surface area contributed by atoms with Crippen molar-refractivity contribution in [1.29, 1.82) is 0 Å². The molecular formula is C9H10F2OSi. The zero-order valence-corrected chi connectivity index (χ0v) is 8.04. The minimum absolute atomic E-state index is 0.223. The van der Waals surface area contributed by atoms with E-state index < -0.39 is 8.99 Å². The third-order valence-corrected chi connectivity index (χ3v) is 2.69. The SMILES string of the molecule is C=CC[Si](F)(F)Oc1ccccc1. The predicted molar refractivity (Wildman–Crippen MR) is 50.0 cm³/mol. The molecule has 0 bridgehead atoms. The molecule has 0 aliphatic heterocycles. The van der Waals surface area contributed by atoms with E-state index in [4.69, 9.17) is 0 Å². The smallest absolute Gasteiger partial charge is 0.495 e. The van der Waals surface area contributed by atoms with Gasteiger partial charge in [0, 0.05) is 0 Å². The lowest BCUT2D eigenvalue weighted by molar-refractivity contribution is 0.380. The van der Waals surface area contributed by atoms with Crippen LogP contribution in [0.5, 0.6) is 5.75 Å². The number of halogens is 2. The van der Waals surface area contributed by atoms with Gasteiger partial charge in [-0.3, -0.25) is 0 Å². The van der Waals surface area contributed by atoms with Crippen molar-refractivity contribution in [2.24, 2.45) is 0 Å². The first-order chi connectivity index (χ1) is 6.14.